The van der Waals surface area contributed by atoms with Crippen LogP contribution in [0.15, 0.2) is 0 Å². The quantitative estimate of drug-likeness (QED) is 0.719. The van der Waals surface area contributed by atoms with Crippen molar-refractivity contribution in [2.75, 3.05) is 20.3 Å². The Kier molecular flexibility index (Phi) is 3.50. The molecule has 1 rings (SSSR count). The Morgan fingerprint density at radius 2 is 2.29 bits per heavy atom. The number of likely N-dealkylation sites (tertiary alicyclic amines) is 1. The third-order valence-corrected chi connectivity index (χ3v) is 2.87. The highest BCUT2D eigenvalue weighted by atomic mass is 16.5. The summed E-state index contributed by atoms with van der Waals surface area (Å²) >= 11 is 0. The molecule has 0 spiro atoms. The molecular weight excluding hydrogens is 182 g/mol. The van der Waals surface area contributed by atoms with Crippen molar-refractivity contribution < 1.29 is 14.6 Å². The first-order chi connectivity index (χ1) is 6.53. The molecule has 1 aliphatic heterocycles. The fourth-order valence-electron chi connectivity index (χ4n) is 1.73. The van der Waals surface area contributed by atoms with Crippen molar-refractivity contribution in [3.8, 4) is 0 Å². The number of carbonyl (C=O) groups is 1. The van der Waals surface area contributed by atoms with Crippen molar-refractivity contribution in [3.05, 3.63) is 0 Å². The number of carbonyl (C=O) groups excluding carboxylic acids is 1. The van der Waals surface area contributed by atoms with E-state index in [0.717, 1.165) is 19.4 Å². The monoisotopic (exact) mass is 201 g/mol. The Balaban J connectivity index is 2.69. The first-order valence-electron chi connectivity index (χ1n) is 5.00. The van der Waals surface area contributed by atoms with Gasteiger partial charge in [-0.05, 0) is 26.7 Å². The summed E-state index contributed by atoms with van der Waals surface area (Å²) in [5, 5.41) is 9.09. The van der Waals surface area contributed by atoms with E-state index in [2.05, 4.69) is 0 Å². The van der Waals surface area contributed by atoms with Crippen LogP contribution in [0.1, 0.15) is 26.7 Å². The molecule has 0 saturated carbocycles. The lowest BCUT2D eigenvalue weighted by atomic mass is 10.1. The number of nitrogens with zero attached hydrogens (tertiary/aromatic N) is 1. The lowest BCUT2D eigenvalue weighted by Gasteiger charge is -2.31. The first-order valence-corrected chi connectivity index (χ1v) is 5.00. The topological polar surface area (TPSA) is 49.8 Å². The zero-order chi connectivity index (χ0) is 10.8. The first kappa shape index (κ1) is 11.5. The molecule has 0 aromatic heterocycles. The van der Waals surface area contributed by atoms with E-state index in [4.69, 9.17) is 9.84 Å². The molecular formula is C10H19NO3. The van der Waals surface area contributed by atoms with E-state index < -0.39 is 5.60 Å². The number of methoxy groups -OCH3 is 1. The summed E-state index contributed by atoms with van der Waals surface area (Å²) in [5.41, 5.74) is -0.780. The van der Waals surface area contributed by atoms with Gasteiger partial charge in [0.1, 0.15) is 5.60 Å². The van der Waals surface area contributed by atoms with Gasteiger partial charge in [0.25, 0.3) is 5.91 Å². The van der Waals surface area contributed by atoms with Gasteiger partial charge >= 0.3 is 0 Å². The molecule has 1 heterocycles. The zero-order valence-corrected chi connectivity index (χ0v) is 9.12. The van der Waals surface area contributed by atoms with Crippen LogP contribution in [0.25, 0.3) is 0 Å². The molecule has 1 fully saturated rings. The van der Waals surface area contributed by atoms with Gasteiger partial charge in [0.05, 0.1) is 12.6 Å². The standard InChI is InChI=1S/C10H19NO3/c1-10(2,14-3)9(13)11-6-4-5-8(11)7-12/h8,12H,4-7H2,1-3H3. The SMILES string of the molecule is COC(C)(C)C(=O)N1CCCC1CO. The third kappa shape index (κ3) is 2.07. The second-order valence-corrected chi connectivity index (χ2v) is 4.19. The van der Waals surface area contributed by atoms with Gasteiger partial charge in [0.2, 0.25) is 0 Å². The van der Waals surface area contributed by atoms with Gasteiger partial charge in [-0.1, -0.05) is 0 Å². The molecule has 4 heteroatoms. The highest BCUT2D eigenvalue weighted by Gasteiger charge is 2.37. The van der Waals surface area contributed by atoms with Gasteiger partial charge in [0.15, 0.2) is 0 Å². The maximum absolute atomic E-state index is 12.0. The van der Waals surface area contributed by atoms with Crippen LogP contribution in [0, 0.1) is 0 Å². The lowest BCUT2D eigenvalue weighted by Crippen LogP contribution is -2.49. The molecule has 82 valence electrons. The summed E-state index contributed by atoms with van der Waals surface area (Å²) in [4.78, 5) is 13.7. The van der Waals surface area contributed by atoms with Crippen molar-refractivity contribution in [3.63, 3.8) is 0 Å². The van der Waals surface area contributed by atoms with Crippen molar-refractivity contribution in [1.29, 1.82) is 0 Å². The molecule has 0 aliphatic carbocycles. The van der Waals surface area contributed by atoms with Crippen molar-refractivity contribution in [1.82, 2.24) is 4.90 Å². The predicted molar refractivity (Wildman–Crippen MR) is 52.9 cm³/mol. The van der Waals surface area contributed by atoms with Gasteiger partial charge in [-0.15, -0.1) is 0 Å². The molecule has 1 N–H and O–H groups in total. The van der Waals surface area contributed by atoms with Crippen LogP contribution in [0.3, 0.4) is 0 Å². The number of hydrogen-bond donors (Lipinski definition) is 1. The number of ether oxygens (including phenoxy) is 1. The number of amides is 1. The van der Waals surface area contributed by atoms with Gasteiger partial charge in [-0.25, -0.2) is 0 Å². The molecule has 0 bridgehead atoms. The molecule has 1 amide bonds. The summed E-state index contributed by atoms with van der Waals surface area (Å²) in [6.07, 6.45) is 1.86. The lowest BCUT2D eigenvalue weighted by molar-refractivity contribution is -0.152. The Labute approximate surface area is 84.8 Å². The largest absolute Gasteiger partial charge is 0.394 e. The van der Waals surface area contributed by atoms with Crippen LogP contribution >= 0.6 is 0 Å². The van der Waals surface area contributed by atoms with Crippen LogP contribution in [0.2, 0.25) is 0 Å². The fourth-order valence-corrected chi connectivity index (χ4v) is 1.73. The Morgan fingerprint density at radius 1 is 1.64 bits per heavy atom. The summed E-state index contributed by atoms with van der Waals surface area (Å²) in [7, 11) is 1.53. The Hall–Kier alpha value is -0.610. The van der Waals surface area contributed by atoms with E-state index in [1.807, 2.05) is 0 Å². The van der Waals surface area contributed by atoms with Crippen molar-refractivity contribution >= 4 is 5.91 Å². The van der Waals surface area contributed by atoms with Crippen LogP contribution in [0.5, 0.6) is 0 Å². The Bertz CT molecular complexity index is 215. The molecule has 1 saturated heterocycles. The molecule has 1 unspecified atom stereocenters. The molecule has 0 aromatic carbocycles. The van der Waals surface area contributed by atoms with Gasteiger partial charge < -0.3 is 14.7 Å². The maximum atomic E-state index is 12.0. The van der Waals surface area contributed by atoms with Crippen LogP contribution in [-0.2, 0) is 9.53 Å². The van der Waals surface area contributed by atoms with Crippen LogP contribution in [0.4, 0.5) is 0 Å². The summed E-state index contributed by atoms with van der Waals surface area (Å²) in [5.74, 6) is -0.0310. The minimum absolute atomic E-state index is 0.0167. The summed E-state index contributed by atoms with van der Waals surface area (Å²) < 4.78 is 5.13. The highest BCUT2D eigenvalue weighted by molar-refractivity contribution is 5.84. The molecule has 0 radical (unpaired) electrons. The molecule has 0 aromatic rings. The van der Waals surface area contributed by atoms with Gasteiger partial charge in [0, 0.05) is 13.7 Å². The normalized spacial score (nSPS) is 22.9. The van der Waals surface area contributed by atoms with Crippen molar-refractivity contribution in [2.24, 2.45) is 0 Å². The average molecular weight is 201 g/mol. The number of aliphatic hydroxyl groups excluding tert-OH is 1. The smallest absolute Gasteiger partial charge is 0.254 e. The minimum Gasteiger partial charge on any atom is -0.394 e. The third-order valence-electron chi connectivity index (χ3n) is 2.87. The molecule has 14 heavy (non-hydrogen) atoms. The van der Waals surface area contributed by atoms with Gasteiger partial charge in [-0.2, -0.15) is 0 Å². The zero-order valence-electron chi connectivity index (χ0n) is 9.12. The summed E-state index contributed by atoms with van der Waals surface area (Å²) in [6, 6.07) is -0.0167. The Morgan fingerprint density at radius 3 is 2.79 bits per heavy atom. The van der Waals surface area contributed by atoms with E-state index in [9.17, 15) is 4.79 Å². The fraction of sp³-hybridized carbons (Fsp3) is 0.900. The summed E-state index contributed by atoms with van der Waals surface area (Å²) in [6.45, 7) is 4.28. The van der Waals surface area contributed by atoms with Crippen LogP contribution < -0.4 is 0 Å². The van der Waals surface area contributed by atoms with E-state index >= 15 is 0 Å². The second-order valence-electron chi connectivity index (χ2n) is 4.19. The molecule has 1 atom stereocenters. The highest BCUT2D eigenvalue weighted by Crippen LogP contribution is 2.22. The predicted octanol–water partition coefficient (Wildman–Crippen LogP) is 0.395. The van der Waals surface area contributed by atoms with Gasteiger partial charge in [-0.3, -0.25) is 4.79 Å². The number of aliphatic hydroxyl groups is 1. The number of hydrogen-bond acceptors (Lipinski definition) is 3. The van der Waals surface area contributed by atoms with E-state index in [1.54, 1.807) is 18.7 Å². The minimum atomic E-state index is -0.780. The van der Waals surface area contributed by atoms with Crippen molar-refractivity contribution in [2.45, 2.75) is 38.3 Å². The second kappa shape index (κ2) is 4.28. The molecule has 1 aliphatic rings. The van der Waals surface area contributed by atoms with E-state index in [-0.39, 0.29) is 18.6 Å². The maximum Gasteiger partial charge on any atom is 0.254 e. The number of rotatable bonds is 3. The van der Waals surface area contributed by atoms with E-state index in [1.165, 1.54) is 7.11 Å². The van der Waals surface area contributed by atoms with E-state index in [0.29, 0.717) is 0 Å². The average Bonchev–Trinajstić information content (AvgIpc) is 2.64. The molecule has 4 nitrogen and oxygen atoms in total. The van der Waals surface area contributed by atoms with Crippen LogP contribution in [-0.4, -0.2) is 47.8 Å².